The summed E-state index contributed by atoms with van der Waals surface area (Å²) in [6.45, 7) is 0. The van der Waals surface area contributed by atoms with E-state index in [-0.39, 0.29) is 22.3 Å². The van der Waals surface area contributed by atoms with Crippen molar-refractivity contribution in [1.82, 2.24) is 4.31 Å². The Labute approximate surface area is 174 Å². The van der Waals surface area contributed by atoms with Crippen LogP contribution in [0.25, 0.3) is 10.8 Å². The number of thioether (sulfide) groups is 1. The summed E-state index contributed by atoms with van der Waals surface area (Å²) in [4.78, 5) is 13.4. The van der Waals surface area contributed by atoms with Crippen molar-refractivity contribution in [1.29, 1.82) is 0 Å². The summed E-state index contributed by atoms with van der Waals surface area (Å²) in [5.41, 5.74) is 0.398. The first kappa shape index (κ1) is 21.2. The molecule has 0 heterocycles. The zero-order valence-corrected chi connectivity index (χ0v) is 18.0. The van der Waals surface area contributed by atoms with Crippen molar-refractivity contribution in [3.63, 3.8) is 0 Å². The lowest BCUT2D eigenvalue weighted by atomic mass is 10.1. The number of methoxy groups -OCH3 is 1. The van der Waals surface area contributed by atoms with Gasteiger partial charge in [-0.1, -0.05) is 30.3 Å². The van der Waals surface area contributed by atoms with E-state index in [0.29, 0.717) is 5.69 Å². The van der Waals surface area contributed by atoms with Crippen molar-refractivity contribution in [3.05, 3.63) is 60.7 Å². The third kappa shape index (κ3) is 4.90. The number of benzene rings is 3. The van der Waals surface area contributed by atoms with Crippen molar-refractivity contribution in [2.75, 3.05) is 32.3 Å². The van der Waals surface area contributed by atoms with Gasteiger partial charge >= 0.3 is 0 Å². The Kier molecular flexibility index (Phi) is 6.46. The zero-order chi connectivity index (χ0) is 21.0. The van der Waals surface area contributed by atoms with Crippen molar-refractivity contribution in [2.45, 2.75) is 9.79 Å². The van der Waals surface area contributed by atoms with E-state index in [1.54, 1.807) is 6.07 Å². The first-order valence-electron chi connectivity index (χ1n) is 8.83. The predicted molar refractivity (Wildman–Crippen MR) is 117 cm³/mol. The highest BCUT2D eigenvalue weighted by molar-refractivity contribution is 8.00. The van der Waals surface area contributed by atoms with Crippen LogP contribution < -0.4 is 10.1 Å². The zero-order valence-electron chi connectivity index (χ0n) is 16.4. The van der Waals surface area contributed by atoms with Crippen LogP contribution in [0, 0.1) is 0 Å². The summed E-state index contributed by atoms with van der Waals surface area (Å²) in [6, 6.07) is 18.6. The normalized spacial score (nSPS) is 11.6. The molecule has 0 radical (unpaired) electrons. The molecule has 6 nitrogen and oxygen atoms in total. The van der Waals surface area contributed by atoms with E-state index in [0.717, 1.165) is 20.0 Å². The number of nitrogens with one attached hydrogen (secondary N) is 1. The Morgan fingerprint density at radius 3 is 2.45 bits per heavy atom. The molecule has 1 amide bonds. The van der Waals surface area contributed by atoms with E-state index in [1.165, 1.54) is 45.1 Å². The maximum Gasteiger partial charge on any atom is 0.246 e. The molecule has 0 fully saturated rings. The smallest absolute Gasteiger partial charge is 0.246 e. The van der Waals surface area contributed by atoms with Crippen LogP contribution in [0.15, 0.2) is 70.5 Å². The van der Waals surface area contributed by atoms with Gasteiger partial charge < -0.3 is 10.1 Å². The molecule has 0 bridgehead atoms. The monoisotopic (exact) mass is 430 g/mol. The molecule has 152 valence electrons. The van der Waals surface area contributed by atoms with Crippen LogP contribution in [0.2, 0.25) is 0 Å². The molecule has 0 aliphatic heterocycles. The van der Waals surface area contributed by atoms with Crippen LogP contribution in [-0.2, 0) is 14.8 Å². The fourth-order valence-electron chi connectivity index (χ4n) is 2.76. The SMILES string of the molecule is COc1ccc(NC(=O)CSc2ccc3ccccc3c2)cc1S(=O)(=O)N(C)C. The lowest BCUT2D eigenvalue weighted by Gasteiger charge is -2.16. The van der Waals surface area contributed by atoms with Crippen molar-refractivity contribution in [2.24, 2.45) is 0 Å². The summed E-state index contributed by atoms with van der Waals surface area (Å²) >= 11 is 1.42. The average molecular weight is 431 g/mol. The van der Waals surface area contributed by atoms with E-state index in [4.69, 9.17) is 4.74 Å². The molecule has 0 aliphatic carbocycles. The number of carbonyl (C=O) groups excluding carboxylic acids is 1. The summed E-state index contributed by atoms with van der Waals surface area (Å²) in [6.07, 6.45) is 0. The maximum atomic E-state index is 12.5. The van der Waals surface area contributed by atoms with Crippen LogP contribution in [0.4, 0.5) is 5.69 Å². The largest absolute Gasteiger partial charge is 0.495 e. The molecule has 8 heteroatoms. The first-order chi connectivity index (χ1) is 13.8. The Balaban J connectivity index is 1.71. The van der Waals surface area contributed by atoms with E-state index in [9.17, 15) is 13.2 Å². The Morgan fingerprint density at radius 1 is 1.03 bits per heavy atom. The minimum atomic E-state index is -3.70. The molecular weight excluding hydrogens is 408 g/mol. The van der Waals surface area contributed by atoms with Crippen LogP contribution in [0.5, 0.6) is 5.75 Å². The van der Waals surface area contributed by atoms with Gasteiger partial charge in [-0.3, -0.25) is 4.79 Å². The van der Waals surface area contributed by atoms with Gasteiger partial charge in [-0.05, 0) is 41.1 Å². The van der Waals surface area contributed by atoms with Crippen LogP contribution in [-0.4, -0.2) is 45.6 Å². The Morgan fingerprint density at radius 2 is 1.76 bits per heavy atom. The molecule has 0 aromatic heterocycles. The van der Waals surface area contributed by atoms with Gasteiger partial charge in [0.2, 0.25) is 15.9 Å². The molecule has 3 aromatic carbocycles. The summed E-state index contributed by atoms with van der Waals surface area (Å²) < 4.78 is 31.3. The number of rotatable bonds is 7. The molecule has 0 spiro atoms. The van der Waals surface area contributed by atoms with Gasteiger partial charge in [0.25, 0.3) is 0 Å². The second kappa shape index (κ2) is 8.86. The van der Waals surface area contributed by atoms with Gasteiger partial charge in [0.1, 0.15) is 10.6 Å². The van der Waals surface area contributed by atoms with Gasteiger partial charge in [0.15, 0.2) is 0 Å². The second-order valence-electron chi connectivity index (χ2n) is 6.50. The number of anilines is 1. The number of fused-ring (bicyclic) bond motifs is 1. The average Bonchev–Trinajstić information content (AvgIpc) is 2.72. The standard InChI is InChI=1S/C21H22N2O4S2/c1-23(2)29(25,26)20-13-17(9-11-19(20)27-3)22-21(24)14-28-18-10-8-15-6-4-5-7-16(15)12-18/h4-13H,14H2,1-3H3,(H,22,24). The maximum absolute atomic E-state index is 12.5. The van der Waals surface area contributed by atoms with Crippen molar-refractivity contribution >= 4 is 44.2 Å². The molecule has 0 saturated heterocycles. The van der Waals surface area contributed by atoms with Crippen molar-refractivity contribution in [3.8, 4) is 5.75 Å². The van der Waals surface area contributed by atoms with E-state index < -0.39 is 10.0 Å². The van der Waals surface area contributed by atoms with Crippen LogP contribution in [0.1, 0.15) is 0 Å². The molecule has 3 rings (SSSR count). The Hall–Kier alpha value is -2.55. The van der Waals surface area contributed by atoms with E-state index in [2.05, 4.69) is 5.32 Å². The highest BCUT2D eigenvalue weighted by atomic mass is 32.2. The van der Waals surface area contributed by atoms with E-state index in [1.807, 2.05) is 42.5 Å². The highest BCUT2D eigenvalue weighted by Gasteiger charge is 2.23. The lowest BCUT2D eigenvalue weighted by Crippen LogP contribution is -2.23. The van der Waals surface area contributed by atoms with Crippen LogP contribution in [0.3, 0.4) is 0 Å². The minimum Gasteiger partial charge on any atom is -0.495 e. The van der Waals surface area contributed by atoms with Crippen LogP contribution >= 0.6 is 11.8 Å². The molecule has 0 unspecified atom stereocenters. The van der Waals surface area contributed by atoms with Gasteiger partial charge in [0.05, 0.1) is 12.9 Å². The summed E-state index contributed by atoms with van der Waals surface area (Å²) in [5.74, 6) is 0.212. The minimum absolute atomic E-state index is 0.00461. The third-order valence-electron chi connectivity index (χ3n) is 4.30. The Bertz CT molecular complexity index is 1140. The molecule has 1 N–H and O–H groups in total. The summed E-state index contributed by atoms with van der Waals surface area (Å²) in [7, 11) is 0.592. The van der Waals surface area contributed by atoms with Gasteiger partial charge in [-0.2, -0.15) is 0 Å². The lowest BCUT2D eigenvalue weighted by molar-refractivity contribution is -0.113. The summed E-state index contributed by atoms with van der Waals surface area (Å²) in [5, 5.41) is 5.02. The molecule has 3 aromatic rings. The number of nitrogens with zero attached hydrogens (tertiary/aromatic N) is 1. The fraction of sp³-hybridized carbons (Fsp3) is 0.190. The molecule has 29 heavy (non-hydrogen) atoms. The second-order valence-corrected chi connectivity index (χ2v) is 9.67. The number of sulfonamides is 1. The predicted octanol–water partition coefficient (Wildman–Crippen LogP) is 3.83. The molecule has 0 atom stereocenters. The topological polar surface area (TPSA) is 75.7 Å². The number of amides is 1. The number of carbonyl (C=O) groups is 1. The first-order valence-corrected chi connectivity index (χ1v) is 11.3. The number of ether oxygens (including phenoxy) is 1. The molecular formula is C21H22N2O4S2. The van der Waals surface area contributed by atoms with Gasteiger partial charge in [-0.25, -0.2) is 12.7 Å². The van der Waals surface area contributed by atoms with E-state index >= 15 is 0 Å². The highest BCUT2D eigenvalue weighted by Crippen LogP contribution is 2.29. The molecule has 0 saturated carbocycles. The molecule has 0 aliphatic rings. The fourth-order valence-corrected chi connectivity index (χ4v) is 4.58. The number of hydrogen-bond acceptors (Lipinski definition) is 5. The quantitative estimate of drug-likeness (QED) is 0.577. The van der Waals surface area contributed by atoms with Gasteiger partial charge in [0, 0.05) is 24.7 Å². The van der Waals surface area contributed by atoms with Crippen molar-refractivity contribution < 1.29 is 17.9 Å². The third-order valence-corrected chi connectivity index (χ3v) is 7.13. The number of hydrogen-bond donors (Lipinski definition) is 1. The van der Waals surface area contributed by atoms with Gasteiger partial charge in [-0.15, -0.1) is 11.8 Å².